The number of pyridine rings is 1. The number of nitrogens with zero attached hydrogens (tertiary/aromatic N) is 6. The second kappa shape index (κ2) is 6.26. The number of anilines is 1. The van der Waals surface area contributed by atoms with Crippen LogP contribution in [0.15, 0.2) is 31.0 Å². The van der Waals surface area contributed by atoms with Crippen LogP contribution in [0.1, 0.15) is 25.1 Å². The van der Waals surface area contributed by atoms with E-state index in [4.69, 9.17) is 5.73 Å². The summed E-state index contributed by atoms with van der Waals surface area (Å²) in [7, 11) is 0. The van der Waals surface area contributed by atoms with Gasteiger partial charge in [-0.25, -0.2) is 19.3 Å². The van der Waals surface area contributed by atoms with E-state index < -0.39 is 5.60 Å². The van der Waals surface area contributed by atoms with E-state index in [0.717, 1.165) is 0 Å². The van der Waals surface area contributed by atoms with Crippen LogP contribution in [0, 0.1) is 5.82 Å². The number of rotatable bonds is 3. The molecule has 1 saturated heterocycles. The molecule has 3 aromatic heterocycles. The van der Waals surface area contributed by atoms with Crippen molar-refractivity contribution in [1.82, 2.24) is 29.4 Å². The molecule has 9 heteroatoms. The molecule has 26 heavy (non-hydrogen) atoms. The van der Waals surface area contributed by atoms with Crippen LogP contribution in [-0.2, 0) is 6.54 Å². The molecule has 3 N–H and O–H groups in total. The van der Waals surface area contributed by atoms with Crippen molar-refractivity contribution in [2.45, 2.75) is 31.5 Å². The van der Waals surface area contributed by atoms with Gasteiger partial charge in [-0.15, -0.1) is 0 Å². The van der Waals surface area contributed by atoms with Gasteiger partial charge in [0, 0.05) is 25.8 Å². The van der Waals surface area contributed by atoms with Crippen LogP contribution in [0.5, 0.6) is 0 Å². The van der Waals surface area contributed by atoms with Crippen LogP contribution >= 0.6 is 0 Å². The standard InChI is InChI=1S/C17H20FN7O/c1-17(26)4-6-24(7-12-11(18)3-2-5-20-12)8-13(17)25-10-23-14-15(19)21-9-22-16(14)25/h2-3,5,9-10,13,26H,4,6-8H2,1H3,(H2,19,21,22)/t13-,17-/m1/s1. The minimum atomic E-state index is -0.952. The van der Waals surface area contributed by atoms with Gasteiger partial charge in [-0.2, -0.15) is 0 Å². The molecule has 0 amide bonds. The number of piperidine rings is 1. The molecule has 0 radical (unpaired) electrons. The molecule has 0 aliphatic carbocycles. The molecule has 4 heterocycles. The molecule has 2 atom stereocenters. The second-order valence-corrected chi connectivity index (χ2v) is 6.87. The van der Waals surface area contributed by atoms with Crippen molar-refractivity contribution < 1.29 is 9.50 Å². The molecular weight excluding hydrogens is 337 g/mol. The summed E-state index contributed by atoms with van der Waals surface area (Å²) in [5, 5.41) is 10.9. The molecule has 0 saturated carbocycles. The zero-order valence-electron chi connectivity index (χ0n) is 14.4. The Hall–Kier alpha value is -2.65. The Balaban J connectivity index is 1.65. The van der Waals surface area contributed by atoms with E-state index in [0.29, 0.717) is 48.7 Å². The number of aliphatic hydroxyl groups is 1. The summed E-state index contributed by atoms with van der Waals surface area (Å²) in [4.78, 5) is 18.7. The average molecular weight is 357 g/mol. The van der Waals surface area contributed by atoms with Crippen LogP contribution in [0.2, 0.25) is 0 Å². The molecule has 0 aromatic carbocycles. The molecule has 1 aliphatic rings. The van der Waals surface area contributed by atoms with Crippen molar-refractivity contribution >= 4 is 17.0 Å². The lowest BCUT2D eigenvalue weighted by Crippen LogP contribution is -2.50. The number of aromatic nitrogens is 5. The molecule has 0 spiro atoms. The molecule has 136 valence electrons. The normalized spacial score (nSPS) is 24.2. The maximum absolute atomic E-state index is 13.9. The summed E-state index contributed by atoms with van der Waals surface area (Å²) in [5.74, 6) is -0.0217. The van der Waals surface area contributed by atoms with Gasteiger partial charge < -0.3 is 15.4 Å². The van der Waals surface area contributed by atoms with Crippen molar-refractivity contribution in [3.63, 3.8) is 0 Å². The predicted molar refractivity (Wildman–Crippen MR) is 93.5 cm³/mol. The highest BCUT2D eigenvalue weighted by atomic mass is 19.1. The third-order valence-electron chi connectivity index (χ3n) is 5.01. The lowest BCUT2D eigenvalue weighted by atomic mass is 9.88. The van der Waals surface area contributed by atoms with Gasteiger partial charge in [0.05, 0.1) is 23.7 Å². The molecule has 0 bridgehead atoms. The smallest absolute Gasteiger partial charge is 0.165 e. The van der Waals surface area contributed by atoms with Crippen LogP contribution in [0.3, 0.4) is 0 Å². The monoisotopic (exact) mass is 357 g/mol. The van der Waals surface area contributed by atoms with Crippen LogP contribution in [0.4, 0.5) is 10.2 Å². The first-order valence-corrected chi connectivity index (χ1v) is 8.43. The third-order valence-corrected chi connectivity index (χ3v) is 5.01. The first-order chi connectivity index (χ1) is 12.5. The van der Waals surface area contributed by atoms with Crippen LogP contribution in [-0.4, -0.2) is 53.2 Å². The van der Waals surface area contributed by atoms with Gasteiger partial charge in [-0.1, -0.05) is 0 Å². The number of nitrogens with two attached hydrogens (primary N) is 1. The summed E-state index contributed by atoms with van der Waals surface area (Å²) >= 11 is 0. The third kappa shape index (κ3) is 2.89. The van der Waals surface area contributed by atoms with Crippen molar-refractivity contribution in [1.29, 1.82) is 0 Å². The minimum absolute atomic E-state index is 0.302. The highest BCUT2D eigenvalue weighted by Crippen LogP contribution is 2.34. The zero-order valence-corrected chi connectivity index (χ0v) is 14.4. The summed E-state index contributed by atoms with van der Waals surface area (Å²) in [6, 6.07) is 2.68. The molecular formula is C17H20FN7O. The van der Waals surface area contributed by atoms with E-state index >= 15 is 0 Å². The van der Waals surface area contributed by atoms with Crippen molar-refractivity contribution in [3.8, 4) is 0 Å². The van der Waals surface area contributed by atoms with Gasteiger partial charge >= 0.3 is 0 Å². The van der Waals surface area contributed by atoms with Gasteiger partial charge in [-0.05, 0) is 25.5 Å². The lowest BCUT2D eigenvalue weighted by Gasteiger charge is -2.43. The van der Waals surface area contributed by atoms with Crippen molar-refractivity contribution in [3.05, 3.63) is 42.5 Å². The molecule has 1 fully saturated rings. The Bertz CT molecular complexity index is 942. The second-order valence-electron chi connectivity index (χ2n) is 6.87. The van der Waals surface area contributed by atoms with Crippen molar-refractivity contribution in [2.24, 2.45) is 0 Å². The Labute approximate surface area is 149 Å². The van der Waals surface area contributed by atoms with E-state index in [1.54, 1.807) is 25.5 Å². The fourth-order valence-electron chi connectivity index (χ4n) is 3.46. The number of likely N-dealkylation sites (tertiary alicyclic amines) is 1. The maximum atomic E-state index is 13.9. The fraction of sp³-hybridized carbons (Fsp3) is 0.412. The highest BCUT2D eigenvalue weighted by molar-refractivity contribution is 5.81. The van der Waals surface area contributed by atoms with E-state index in [-0.39, 0.29) is 11.9 Å². The Kier molecular flexibility index (Phi) is 4.04. The maximum Gasteiger partial charge on any atom is 0.165 e. The fourth-order valence-corrected chi connectivity index (χ4v) is 3.46. The summed E-state index contributed by atoms with van der Waals surface area (Å²) in [6.07, 6.45) is 5.12. The molecule has 4 rings (SSSR count). The molecule has 3 aromatic rings. The number of hydrogen-bond acceptors (Lipinski definition) is 7. The minimum Gasteiger partial charge on any atom is -0.388 e. The Morgan fingerprint density at radius 1 is 1.35 bits per heavy atom. The van der Waals surface area contributed by atoms with Crippen molar-refractivity contribution in [2.75, 3.05) is 18.8 Å². The predicted octanol–water partition coefficient (Wildman–Crippen LogP) is 1.14. The number of imidazole rings is 1. The van der Waals surface area contributed by atoms with Gasteiger partial charge in [0.15, 0.2) is 11.5 Å². The van der Waals surface area contributed by atoms with Crippen LogP contribution < -0.4 is 5.73 Å². The van der Waals surface area contributed by atoms with E-state index in [1.165, 1.54) is 12.4 Å². The van der Waals surface area contributed by atoms with E-state index in [9.17, 15) is 9.50 Å². The molecule has 0 unspecified atom stereocenters. The zero-order chi connectivity index (χ0) is 18.3. The van der Waals surface area contributed by atoms with E-state index in [2.05, 4.69) is 24.8 Å². The first kappa shape index (κ1) is 16.8. The Morgan fingerprint density at radius 3 is 3.00 bits per heavy atom. The highest BCUT2D eigenvalue weighted by Gasteiger charge is 2.40. The summed E-state index contributed by atoms with van der Waals surface area (Å²) < 4.78 is 15.8. The largest absolute Gasteiger partial charge is 0.388 e. The van der Waals surface area contributed by atoms with Gasteiger partial charge in [0.25, 0.3) is 0 Å². The Morgan fingerprint density at radius 2 is 2.19 bits per heavy atom. The number of halogens is 1. The van der Waals surface area contributed by atoms with E-state index in [1.807, 2.05) is 4.57 Å². The molecule has 8 nitrogen and oxygen atoms in total. The average Bonchev–Trinajstić information content (AvgIpc) is 3.03. The summed E-state index contributed by atoms with van der Waals surface area (Å²) in [6.45, 7) is 3.33. The SMILES string of the molecule is C[C@@]1(O)CCN(Cc2ncccc2F)C[C@H]1n1cnc2c(N)ncnc21. The lowest BCUT2D eigenvalue weighted by molar-refractivity contribution is -0.0519. The quantitative estimate of drug-likeness (QED) is 0.724. The number of fused-ring (bicyclic) bond motifs is 1. The summed E-state index contributed by atoms with van der Waals surface area (Å²) in [5.41, 5.74) is 6.40. The number of nitrogen functional groups attached to an aromatic ring is 1. The van der Waals surface area contributed by atoms with Gasteiger partial charge in [0.2, 0.25) is 0 Å². The topological polar surface area (TPSA) is 106 Å². The first-order valence-electron chi connectivity index (χ1n) is 8.43. The molecule has 1 aliphatic heterocycles. The van der Waals surface area contributed by atoms with Gasteiger partial charge in [-0.3, -0.25) is 9.88 Å². The van der Waals surface area contributed by atoms with Crippen LogP contribution in [0.25, 0.3) is 11.2 Å². The number of hydrogen-bond donors (Lipinski definition) is 2. The van der Waals surface area contributed by atoms with Gasteiger partial charge in [0.1, 0.15) is 17.7 Å².